The van der Waals surface area contributed by atoms with Crippen LogP contribution in [-0.4, -0.2) is 15.7 Å². The lowest BCUT2D eigenvalue weighted by molar-refractivity contribution is 0.552. The van der Waals surface area contributed by atoms with E-state index in [-0.39, 0.29) is 5.41 Å². The second-order valence-corrected chi connectivity index (χ2v) is 8.39. The molecular formula is C13H18ClIN2S. The smallest absolute Gasteiger partial charge is 0.146 e. The molecular weight excluding hydrogens is 379 g/mol. The van der Waals surface area contributed by atoms with E-state index in [1.807, 2.05) is 11.8 Å². The van der Waals surface area contributed by atoms with Gasteiger partial charge in [0.1, 0.15) is 11.0 Å². The van der Waals surface area contributed by atoms with E-state index in [9.17, 15) is 0 Å². The summed E-state index contributed by atoms with van der Waals surface area (Å²) in [6.45, 7) is 6.52. The number of thioether (sulfide) groups is 1. The van der Waals surface area contributed by atoms with Gasteiger partial charge in [0, 0.05) is 5.41 Å². The highest BCUT2D eigenvalue weighted by Gasteiger charge is 2.26. The Labute approximate surface area is 132 Å². The zero-order chi connectivity index (χ0) is 13.3. The molecule has 1 atom stereocenters. The third kappa shape index (κ3) is 3.31. The molecule has 1 aliphatic rings. The lowest BCUT2D eigenvalue weighted by Crippen LogP contribution is -2.19. The van der Waals surface area contributed by atoms with Gasteiger partial charge in [-0.15, -0.1) is 0 Å². The van der Waals surface area contributed by atoms with Crippen molar-refractivity contribution >= 4 is 46.0 Å². The molecule has 0 aromatic carbocycles. The monoisotopic (exact) mass is 396 g/mol. The molecule has 0 N–H and O–H groups in total. The van der Waals surface area contributed by atoms with Crippen LogP contribution in [0.2, 0.25) is 5.15 Å². The van der Waals surface area contributed by atoms with E-state index in [0.717, 1.165) is 15.1 Å². The number of hydrogen-bond acceptors (Lipinski definition) is 3. The van der Waals surface area contributed by atoms with Crippen LogP contribution >= 0.6 is 46.0 Å². The molecule has 2 heterocycles. The fourth-order valence-electron chi connectivity index (χ4n) is 2.02. The Kier molecular flexibility index (Phi) is 4.81. The van der Waals surface area contributed by atoms with Gasteiger partial charge in [0.2, 0.25) is 0 Å². The van der Waals surface area contributed by atoms with E-state index in [4.69, 9.17) is 16.6 Å². The van der Waals surface area contributed by atoms with E-state index in [2.05, 4.69) is 48.3 Å². The highest BCUT2D eigenvalue weighted by molar-refractivity contribution is 14.1. The summed E-state index contributed by atoms with van der Waals surface area (Å²) in [5.41, 5.74) is 1.08. The summed E-state index contributed by atoms with van der Waals surface area (Å²) in [7, 11) is 0. The van der Waals surface area contributed by atoms with E-state index < -0.39 is 0 Å². The van der Waals surface area contributed by atoms with Crippen LogP contribution in [0.3, 0.4) is 0 Å². The molecule has 0 spiro atoms. The quantitative estimate of drug-likeness (QED) is 0.494. The molecule has 0 aliphatic carbocycles. The Morgan fingerprint density at radius 1 is 1.28 bits per heavy atom. The molecule has 100 valence electrons. The van der Waals surface area contributed by atoms with Crippen molar-refractivity contribution in [2.24, 2.45) is 0 Å². The molecule has 1 saturated heterocycles. The van der Waals surface area contributed by atoms with Gasteiger partial charge >= 0.3 is 0 Å². The number of nitrogens with zero attached hydrogens (tertiary/aromatic N) is 2. The molecule has 0 bridgehead atoms. The SMILES string of the molecule is CC(C)(C)c1nc(C2CCCCS2)nc(Cl)c1I. The zero-order valence-electron chi connectivity index (χ0n) is 11.0. The number of hydrogen-bond donors (Lipinski definition) is 0. The van der Waals surface area contributed by atoms with Gasteiger partial charge in [-0.3, -0.25) is 0 Å². The predicted octanol–water partition coefficient (Wildman–Crippen LogP) is 4.99. The molecule has 2 nitrogen and oxygen atoms in total. The maximum absolute atomic E-state index is 6.28. The first-order valence-electron chi connectivity index (χ1n) is 6.24. The van der Waals surface area contributed by atoms with Crippen LogP contribution < -0.4 is 0 Å². The Morgan fingerprint density at radius 2 is 2.00 bits per heavy atom. The number of aromatic nitrogens is 2. The maximum atomic E-state index is 6.28. The molecule has 2 rings (SSSR count). The van der Waals surface area contributed by atoms with Crippen molar-refractivity contribution in [3.63, 3.8) is 0 Å². The van der Waals surface area contributed by atoms with Crippen LogP contribution in [0, 0.1) is 3.57 Å². The normalized spacial score (nSPS) is 21.1. The first-order valence-corrected chi connectivity index (χ1v) is 8.75. The minimum atomic E-state index is 0.0111. The second-order valence-electron chi connectivity index (χ2n) is 5.64. The van der Waals surface area contributed by atoms with Crippen molar-refractivity contribution in [3.8, 4) is 0 Å². The topological polar surface area (TPSA) is 25.8 Å². The molecule has 1 aliphatic heterocycles. The highest BCUT2D eigenvalue weighted by atomic mass is 127. The van der Waals surface area contributed by atoms with E-state index in [0.29, 0.717) is 10.4 Å². The standard InChI is InChI=1S/C13H18ClIN2S/c1-13(2,3)10-9(15)11(14)17-12(16-10)8-6-4-5-7-18-8/h8H,4-7H2,1-3H3. The molecule has 1 aromatic rings. The lowest BCUT2D eigenvalue weighted by Gasteiger charge is -2.24. The molecule has 18 heavy (non-hydrogen) atoms. The fourth-order valence-corrected chi connectivity index (χ4v) is 4.49. The van der Waals surface area contributed by atoms with Crippen LogP contribution in [0.15, 0.2) is 0 Å². The maximum Gasteiger partial charge on any atom is 0.146 e. The van der Waals surface area contributed by atoms with Crippen LogP contribution in [-0.2, 0) is 5.41 Å². The number of rotatable bonds is 1. The van der Waals surface area contributed by atoms with Crippen LogP contribution in [0.5, 0.6) is 0 Å². The first kappa shape index (κ1) is 14.9. The van der Waals surface area contributed by atoms with Gasteiger partial charge in [0.05, 0.1) is 14.5 Å². The highest BCUT2D eigenvalue weighted by Crippen LogP contribution is 2.39. The summed E-state index contributed by atoms with van der Waals surface area (Å²) in [6.07, 6.45) is 3.76. The van der Waals surface area contributed by atoms with Crippen molar-refractivity contribution in [2.45, 2.75) is 50.7 Å². The van der Waals surface area contributed by atoms with E-state index >= 15 is 0 Å². The lowest BCUT2D eigenvalue weighted by atomic mass is 9.92. The summed E-state index contributed by atoms with van der Waals surface area (Å²) in [5.74, 6) is 2.14. The van der Waals surface area contributed by atoms with Crippen LogP contribution in [0.4, 0.5) is 0 Å². The van der Waals surface area contributed by atoms with Gasteiger partial charge in [-0.2, -0.15) is 11.8 Å². The van der Waals surface area contributed by atoms with Gasteiger partial charge in [0.25, 0.3) is 0 Å². The summed E-state index contributed by atoms with van der Waals surface area (Å²) < 4.78 is 0.992. The average Bonchev–Trinajstić information content (AvgIpc) is 2.32. The molecule has 0 amide bonds. The molecule has 1 fully saturated rings. The van der Waals surface area contributed by atoms with Crippen molar-refractivity contribution < 1.29 is 0 Å². The largest absolute Gasteiger partial charge is 0.235 e. The fraction of sp³-hybridized carbons (Fsp3) is 0.692. The van der Waals surface area contributed by atoms with Crippen molar-refractivity contribution in [1.82, 2.24) is 9.97 Å². The third-order valence-electron chi connectivity index (χ3n) is 3.01. The zero-order valence-corrected chi connectivity index (χ0v) is 14.7. The van der Waals surface area contributed by atoms with Gasteiger partial charge in [-0.1, -0.05) is 38.8 Å². The Balaban J connectivity index is 2.40. The average molecular weight is 397 g/mol. The molecule has 0 radical (unpaired) electrons. The van der Waals surface area contributed by atoms with Gasteiger partial charge in [-0.05, 0) is 41.2 Å². The van der Waals surface area contributed by atoms with E-state index in [1.54, 1.807) is 0 Å². The van der Waals surface area contributed by atoms with Crippen molar-refractivity contribution in [2.75, 3.05) is 5.75 Å². The number of halogens is 2. The summed E-state index contributed by atoms with van der Waals surface area (Å²) >= 11 is 10.5. The van der Waals surface area contributed by atoms with Crippen LogP contribution in [0.1, 0.15) is 56.8 Å². The minimum absolute atomic E-state index is 0.0111. The van der Waals surface area contributed by atoms with Gasteiger partial charge in [-0.25, -0.2) is 9.97 Å². The predicted molar refractivity (Wildman–Crippen MR) is 87.5 cm³/mol. The van der Waals surface area contributed by atoms with Crippen molar-refractivity contribution in [3.05, 3.63) is 20.2 Å². The first-order chi connectivity index (χ1) is 8.39. The van der Waals surface area contributed by atoms with Crippen molar-refractivity contribution in [1.29, 1.82) is 0 Å². The molecule has 0 saturated carbocycles. The van der Waals surface area contributed by atoms with Crippen LogP contribution in [0.25, 0.3) is 0 Å². The van der Waals surface area contributed by atoms with Gasteiger partial charge in [0.15, 0.2) is 0 Å². The molecule has 1 unspecified atom stereocenters. The summed E-state index contributed by atoms with van der Waals surface area (Å²) in [5, 5.41) is 1.03. The van der Waals surface area contributed by atoms with E-state index in [1.165, 1.54) is 25.0 Å². The van der Waals surface area contributed by atoms with Gasteiger partial charge < -0.3 is 0 Å². The minimum Gasteiger partial charge on any atom is -0.235 e. The molecule has 5 heteroatoms. The Bertz CT molecular complexity index is 439. The summed E-state index contributed by atoms with van der Waals surface area (Å²) in [4.78, 5) is 9.30. The third-order valence-corrected chi connectivity index (χ3v) is 5.99. The Morgan fingerprint density at radius 3 is 2.56 bits per heavy atom. The molecule has 1 aromatic heterocycles. The Hall–Kier alpha value is 0.450. The second kappa shape index (κ2) is 5.83. The summed E-state index contributed by atoms with van der Waals surface area (Å²) in [6, 6.07) is 0.